The molecule has 1 atom stereocenters. The maximum absolute atomic E-state index is 13.2. The second kappa shape index (κ2) is 8.64. The van der Waals surface area contributed by atoms with Crippen LogP contribution in [0.15, 0.2) is 24.3 Å². The minimum absolute atomic E-state index is 0.0505. The van der Waals surface area contributed by atoms with Crippen molar-refractivity contribution in [2.75, 3.05) is 26.2 Å². The van der Waals surface area contributed by atoms with Crippen molar-refractivity contribution in [3.05, 3.63) is 35.4 Å². The topological polar surface area (TPSA) is 52.7 Å². The van der Waals surface area contributed by atoms with Gasteiger partial charge in [-0.15, -0.1) is 0 Å². The summed E-state index contributed by atoms with van der Waals surface area (Å²) in [7, 11) is 0. The van der Waals surface area contributed by atoms with Gasteiger partial charge in [0.1, 0.15) is 0 Å². The Morgan fingerprint density at radius 1 is 1.07 bits per heavy atom. The van der Waals surface area contributed by atoms with Gasteiger partial charge in [-0.25, -0.2) is 0 Å². The molecule has 0 bridgehead atoms. The summed E-state index contributed by atoms with van der Waals surface area (Å²) in [5.41, 5.74) is 2.37. The van der Waals surface area contributed by atoms with Crippen LogP contribution >= 0.6 is 0 Å². The third-order valence-corrected chi connectivity index (χ3v) is 6.61. The summed E-state index contributed by atoms with van der Waals surface area (Å²) in [6.07, 6.45) is 6.86. The van der Waals surface area contributed by atoms with Crippen LogP contribution in [0.2, 0.25) is 0 Å². The van der Waals surface area contributed by atoms with Gasteiger partial charge in [-0.2, -0.15) is 0 Å². The molecule has 1 aliphatic heterocycles. The van der Waals surface area contributed by atoms with Crippen LogP contribution in [0.3, 0.4) is 0 Å². The molecule has 1 heterocycles. The number of rotatable bonds is 6. The Kier molecular flexibility index (Phi) is 6.00. The van der Waals surface area contributed by atoms with E-state index in [-0.39, 0.29) is 17.9 Å². The van der Waals surface area contributed by atoms with Crippen LogP contribution in [-0.2, 0) is 16.1 Å². The maximum Gasteiger partial charge on any atom is 0.237 e. The van der Waals surface area contributed by atoms with E-state index < -0.39 is 0 Å². The van der Waals surface area contributed by atoms with Crippen molar-refractivity contribution in [1.82, 2.24) is 15.1 Å². The molecule has 3 aliphatic rings. The largest absolute Gasteiger partial charge is 0.351 e. The highest BCUT2D eigenvalue weighted by Gasteiger charge is 2.39. The zero-order valence-corrected chi connectivity index (χ0v) is 17.0. The van der Waals surface area contributed by atoms with Gasteiger partial charge in [-0.3, -0.25) is 14.5 Å². The fraction of sp³-hybridized carbons (Fsp3) is 0.652. The molecule has 5 heteroatoms. The van der Waals surface area contributed by atoms with Crippen LogP contribution in [0.1, 0.15) is 49.7 Å². The Morgan fingerprint density at radius 3 is 2.43 bits per heavy atom. The van der Waals surface area contributed by atoms with Crippen molar-refractivity contribution in [2.45, 2.75) is 58.0 Å². The van der Waals surface area contributed by atoms with Gasteiger partial charge in [0.05, 0.1) is 6.04 Å². The van der Waals surface area contributed by atoms with E-state index >= 15 is 0 Å². The first-order chi connectivity index (χ1) is 13.6. The first kappa shape index (κ1) is 19.4. The lowest BCUT2D eigenvalue weighted by atomic mass is 9.94. The van der Waals surface area contributed by atoms with Crippen LogP contribution < -0.4 is 5.32 Å². The molecule has 5 nitrogen and oxygen atoms in total. The smallest absolute Gasteiger partial charge is 0.237 e. The van der Waals surface area contributed by atoms with Crippen LogP contribution in [0.5, 0.6) is 0 Å². The lowest BCUT2D eigenvalue weighted by Crippen LogP contribution is -2.58. The molecular formula is C23H33N3O2. The Hall–Kier alpha value is -1.88. The molecule has 2 saturated carbocycles. The number of hydrogen-bond donors (Lipinski definition) is 1. The van der Waals surface area contributed by atoms with E-state index in [1.165, 1.54) is 18.4 Å². The zero-order valence-electron chi connectivity index (χ0n) is 17.0. The van der Waals surface area contributed by atoms with Gasteiger partial charge in [0.2, 0.25) is 11.8 Å². The second-order valence-electron chi connectivity index (χ2n) is 8.83. The van der Waals surface area contributed by atoms with E-state index in [9.17, 15) is 9.59 Å². The molecule has 1 unspecified atom stereocenters. The molecule has 1 aromatic carbocycles. The summed E-state index contributed by atoms with van der Waals surface area (Å²) in [6.45, 7) is 5.83. The van der Waals surface area contributed by atoms with E-state index in [0.717, 1.165) is 57.4 Å². The van der Waals surface area contributed by atoms with E-state index in [1.807, 2.05) is 11.0 Å². The molecule has 152 valence electrons. The molecule has 1 saturated heterocycles. The third-order valence-electron chi connectivity index (χ3n) is 6.61. The number of nitrogens with zero attached hydrogens (tertiary/aromatic N) is 2. The molecule has 3 fully saturated rings. The molecule has 4 rings (SSSR count). The highest BCUT2D eigenvalue weighted by Crippen LogP contribution is 2.33. The van der Waals surface area contributed by atoms with E-state index in [4.69, 9.17) is 0 Å². The summed E-state index contributed by atoms with van der Waals surface area (Å²) in [5, 5.41) is 3.20. The van der Waals surface area contributed by atoms with Gasteiger partial charge < -0.3 is 10.2 Å². The number of aryl methyl sites for hydroxylation is 1. The normalized spacial score (nSPS) is 22.2. The number of carbonyl (C=O) groups excluding carboxylic acids is 2. The molecule has 1 N–H and O–H groups in total. The Morgan fingerprint density at radius 2 is 1.79 bits per heavy atom. The molecule has 28 heavy (non-hydrogen) atoms. The molecule has 1 aromatic rings. The fourth-order valence-corrected chi connectivity index (χ4v) is 4.88. The number of benzene rings is 1. The minimum Gasteiger partial charge on any atom is -0.351 e. The van der Waals surface area contributed by atoms with Crippen molar-refractivity contribution in [2.24, 2.45) is 11.8 Å². The Bertz CT molecular complexity index is 702. The van der Waals surface area contributed by atoms with E-state index in [0.29, 0.717) is 18.4 Å². The minimum atomic E-state index is -0.0505. The lowest BCUT2D eigenvalue weighted by Gasteiger charge is -2.40. The average Bonchev–Trinajstić information content (AvgIpc) is 3.43. The van der Waals surface area contributed by atoms with Crippen molar-refractivity contribution >= 4 is 11.8 Å². The second-order valence-corrected chi connectivity index (χ2v) is 8.83. The number of carbonyl (C=O) groups is 2. The number of nitrogens with one attached hydrogen (secondary N) is 1. The molecule has 0 radical (unpaired) electrons. The van der Waals surface area contributed by atoms with Crippen LogP contribution in [0.25, 0.3) is 0 Å². The van der Waals surface area contributed by atoms with E-state index in [1.54, 1.807) is 0 Å². The predicted octanol–water partition coefficient (Wildman–Crippen LogP) is 2.72. The van der Waals surface area contributed by atoms with E-state index in [2.05, 4.69) is 35.3 Å². The van der Waals surface area contributed by atoms with Gasteiger partial charge in [0.15, 0.2) is 0 Å². The van der Waals surface area contributed by atoms with Gasteiger partial charge in [0.25, 0.3) is 0 Å². The Balaban J connectivity index is 1.37. The third kappa shape index (κ3) is 4.57. The van der Waals surface area contributed by atoms with Gasteiger partial charge in [0, 0.05) is 38.6 Å². The number of piperazine rings is 1. The first-order valence-electron chi connectivity index (χ1n) is 11.0. The maximum atomic E-state index is 13.2. The zero-order chi connectivity index (χ0) is 19.5. The standard InChI is InChI=1S/C23H33N3O2/c1-17-5-4-6-18(15-17)16-24-22(27)21(19-7-2-3-8-19)25-11-13-26(14-12-25)23(28)20-9-10-20/h4-6,15,19-21H,2-3,7-14,16H2,1H3,(H,24,27). The highest BCUT2D eigenvalue weighted by molar-refractivity contribution is 5.83. The average molecular weight is 384 g/mol. The van der Waals surface area contributed by atoms with Gasteiger partial charge >= 0.3 is 0 Å². The first-order valence-corrected chi connectivity index (χ1v) is 11.0. The summed E-state index contributed by atoms with van der Waals surface area (Å²) in [5.74, 6) is 1.23. The SMILES string of the molecule is Cc1cccc(CNC(=O)C(C2CCCC2)N2CCN(C(=O)C3CC3)CC2)c1. The summed E-state index contributed by atoms with van der Waals surface area (Å²) in [4.78, 5) is 29.9. The summed E-state index contributed by atoms with van der Waals surface area (Å²) >= 11 is 0. The van der Waals surface area contributed by atoms with Crippen LogP contribution in [0, 0.1) is 18.8 Å². The van der Waals surface area contributed by atoms with Crippen molar-refractivity contribution in [3.63, 3.8) is 0 Å². The molecular weight excluding hydrogens is 350 g/mol. The quantitative estimate of drug-likeness (QED) is 0.822. The number of amides is 2. The summed E-state index contributed by atoms with van der Waals surface area (Å²) < 4.78 is 0. The van der Waals surface area contributed by atoms with Crippen molar-refractivity contribution in [3.8, 4) is 0 Å². The summed E-state index contributed by atoms with van der Waals surface area (Å²) in [6, 6.07) is 8.27. The molecule has 2 amide bonds. The predicted molar refractivity (Wildman–Crippen MR) is 110 cm³/mol. The fourth-order valence-electron chi connectivity index (χ4n) is 4.88. The van der Waals surface area contributed by atoms with Crippen molar-refractivity contribution < 1.29 is 9.59 Å². The molecule has 2 aliphatic carbocycles. The molecule has 0 aromatic heterocycles. The molecule has 0 spiro atoms. The van der Waals surface area contributed by atoms with Crippen LogP contribution in [0.4, 0.5) is 0 Å². The highest BCUT2D eigenvalue weighted by atomic mass is 16.2. The lowest BCUT2D eigenvalue weighted by molar-refractivity contribution is -0.136. The van der Waals surface area contributed by atoms with Gasteiger partial charge in [-0.1, -0.05) is 42.7 Å². The Labute approximate surface area is 168 Å². The monoisotopic (exact) mass is 383 g/mol. The van der Waals surface area contributed by atoms with Gasteiger partial charge in [-0.05, 0) is 44.1 Å². The number of hydrogen-bond acceptors (Lipinski definition) is 3. The van der Waals surface area contributed by atoms with Crippen molar-refractivity contribution in [1.29, 1.82) is 0 Å². The van der Waals surface area contributed by atoms with Crippen LogP contribution in [-0.4, -0.2) is 53.8 Å².